The molecule has 1 saturated heterocycles. The molecule has 22 heavy (non-hydrogen) atoms. The van der Waals surface area contributed by atoms with Gasteiger partial charge in [0, 0.05) is 31.7 Å². The van der Waals surface area contributed by atoms with Gasteiger partial charge in [-0.05, 0) is 31.4 Å². The van der Waals surface area contributed by atoms with E-state index in [9.17, 15) is 4.79 Å². The SMILES string of the molecule is Cc1cccnc1CN1CCC[C@@]1(C(N)=O)c1cnccn1. The van der Waals surface area contributed by atoms with Crippen LogP contribution in [0, 0.1) is 6.92 Å². The first-order valence-corrected chi connectivity index (χ1v) is 7.36. The van der Waals surface area contributed by atoms with Gasteiger partial charge in [0.25, 0.3) is 0 Å². The van der Waals surface area contributed by atoms with Crippen LogP contribution in [0.5, 0.6) is 0 Å². The van der Waals surface area contributed by atoms with Crippen molar-refractivity contribution >= 4 is 5.91 Å². The van der Waals surface area contributed by atoms with E-state index in [1.165, 1.54) is 0 Å². The van der Waals surface area contributed by atoms with Gasteiger partial charge in [-0.25, -0.2) is 0 Å². The number of aryl methyl sites for hydroxylation is 1. The quantitative estimate of drug-likeness (QED) is 0.915. The van der Waals surface area contributed by atoms with Gasteiger partial charge >= 0.3 is 0 Å². The molecule has 1 aliphatic rings. The summed E-state index contributed by atoms with van der Waals surface area (Å²) in [6, 6.07) is 3.93. The van der Waals surface area contributed by atoms with E-state index in [1.54, 1.807) is 24.8 Å². The highest BCUT2D eigenvalue weighted by Crippen LogP contribution is 2.38. The van der Waals surface area contributed by atoms with Crippen LogP contribution in [-0.2, 0) is 16.9 Å². The molecule has 0 aliphatic carbocycles. The number of aromatic nitrogens is 3. The van der Waals surface area contributed by atoms with E-state index in [-0.39, 0.29) is 5.91 Å². The van der Waals surface area contributed by atoms with Crippen molar-refractivity contribution in [3.63, 3.8) is 0 Å². The largest absolute Gasteiger partial charge is 0.368 e. The lowest BCUT2D eigenvalue weighted by atomic mass is 9.91. The summed E-state index contributed by atoms with van der Waals surface area (Å²) in [5.41, 5.74) is 7.57. The van der Waals surface area contributed by atoms with Gasteiger partial charge in [-0.15, -0.1) is 0 Å². The second-order valence-electron chi connectivity index (χ2n) is 5.61. The maximum atomic E-state index is 12.3. The lowest BCUT2D eigenvalue weighted by Crippen LogP contribution is -2.51. The van der Waals surface area contributed by atoms with Gasteiger partial charge in [-0.3, -0.25) is 24.6 Å². The van der Waals surface area contributed by atoms with E-state index < -0.39 is 5.54 Å². The molecule has 1 amide bonds. The molecule has 0 bridgehead atoms. The number of amides is 1. The molecule has 0 saturated carbocycles. The number of hydrogen-bond acceptors (Lipinski definition) is 5. The van der Waals surface area contributed by atoms with Crippen LogP contribution in [-0.4, -0.2) is 32.3 Å². The Morgan fingerprint density at radius 1 is 1.36 bits per heavy atom. The lowest BCUT2D eigenvalue weighted by Gasteiger charge is -2.35. The molecule has 0 spiro atoms. The van der Waals surface area contributed by atoms with Crippen LogP contribution in [0.2, 0.25) is 0 Å². The first-order valence-electron chi connectivity index (χ1n) is 7.36. The highest BCUT2D eigenvalue weighted by molar-refractivity contribution is 5.86. The number of hydrogen-bond donors (Lipinski definition) is 1. The number of likely N-dealkylation sites (tertiary alicyclic amines) is 1. The Morgan fingerprint density at radius 2 is 2.23 bits per heavy atom. The highest BCUT2D eigenvalue weighted by atomic mass is 16.1. The fourth-order valence-corrected chi connectivity index (χ4v) is 3.16. The van der Waals surface area contributed by atoms with Gasteiger partial charge in [-0.1, -0.05) is 6.07 Å². The van der Waals surface area contributed by atoms with Crippen LogP contribution in [0.4, 0.5) is 0 Å². The van der Waals surface area contributed by atoms with Crippen LogP contribution < -0.4 is 5.73 Å². The smallest absolute Gasteiger partial charge is 0.244 e. The summed E-state index contributed by atoms with van der Waals surface area (Å²) in [6.07, 6.45) is 8.16. The standard InChI is InChI=1S/C16H19N5O/c1-12-4-2-6-19-13(12)11-21-9-3-5-16(21,15(17)22)14-10-18-7-8-20-14/h2,4,6-8,10H,3,5,9,11H2,1H3,(H2,17,22)/t16-/m0/s1. The van der Waals surface area contributed by atoms with Crippen molar-refractivity contribution in [2.24, 2.45) is 5.73 Å². The number of primary amides is 1. The van der Waals surface area contributed by atoms with Gasteiger partial charge < -0.3 is 5.73 Å². The van der Waals surface area contributed by atoms with Crippen molar-refractivity contribution in [1.82, 2.24) is 19.9 Å². The van der Waals surface area contributed by atoms with E-state index in [2.05, 4.69) is 19.9 Å². The molecule has 2 aromatic rings. The summed E-state index contributed by atoms with van der Waals surface area (Å²) >= 11 is 0. The Labute approximate surface area is 129 Å². The molecule has 0 radical (unpaired) electrons. The molecule has 0 aromatic carbocycles. The number of rotatable bonds is 4. The van der Waals surface area contributed by atoms with Crippen molar-refractivity contribution in [3.8, 4) is 0 Å². The number of nitrogens with two attached hydrogens (primary N) is 1. The first kappa shape index (κ1) is 14.6. The van der Waals surface area contributed by atoms with Crippen molar-refractivity contribution in [2.75, 3.05) is 6.54 Å². The molecule has 1 atom stereocenters. The van der Waals surface area contributed by atoms with Crippen molar-refractivity contribution in [1.29, 1.82) is 0 Å². The fraction of sp³-hybridized carbons (Fsp3) is 0.375. The second kappa shape index (κ2) is 5.81. The summed E-state index contributed by atoms with van der Waals surface area (Å²) in [5.74, 6) is -0.376. The number of carbonyl (C=O) groups is 1. The molecular formula is C16H19N5O. The van der Waals surface area contributed by atoms with Gasteiger partial charge in [0.1, 0.15) is 5.54 Å². The summed E-state index contributed by atoms with van der Waals surface area (Å²) < 4.78 is 0. The molecule has 3 rings (SSSR count). The summed E-state index contributed by atoms with van der Waals surface area (Å²) in [4.78, 5) is 27.3. The van der Waals surface area contributed by atoms with Gasteiger partial charge in [0.15, 0.2) is 0 Å². The molecule has 6 heteroatoms. The molecule has 2 aromatic heterocycles. The normalized spacial score (nSPS) is 21.9. The third-order valence-electron chi connectivity index (χ3n) is 4.36. The van der Waals surface area contributed by atoms with E-state index in [1.807, 2.05) is 19.1 Å². The molecule has 2 N–H and O–H groups in total. The zero-order chi connectivity index (χ0) is 15.6. The number of nitrogens with zero attached hydrogens (tertiary/aromatic N) is 4. The Bertz CT molecular complexity index is 675. The molecule has 6 nitrogen and oxygen atoms in total. The molecule has 1 fully saturated rings. The Morgan fingerprint density at radius 3 is 2.91 bits per heavy atom. The minimum atomic E-state index is -0.891. The molecule has 1 aliphatic heterocycles. The van der Waals surface area contributed by atoms with E-state index in [0.717, 1.165) is 24.2 Å². The minimum Gasteiger partial charge on any atom is -0.368 e. The number of pyridine rings is 1. The van der Waals surface area contributed by atoms with Crippen LogP contribution in [0.25, 0.3) is 0 Å². The average Bonchev–Trinajstić information content (AvgIpc) is 2.95. The Hall–Kier alpha value is -2.34. The predicted molar refractivity (Wildman–Crippen MR) is 81.5 cm³/mol. The molecule has 0 unspecified atom stereocenters. The van der Waals surface area contributed by atoms with Gasteiger partial charge in [0.2, 0.25) is 5.91 Å². The number of carbonyl (C=O) groups excluding carboxylic acids is 1. The monoisotopic (exact) mass is 297 g/mol. The maximum Gasteiger partial charge on any atom is 0.244 e. The van der Waals surface area contributed by atoms with Crippen molar-refractivity contribution in [2.45, 2.75) is 31.8 Å². The Balaban J connectivity index is 1.99. The first-order chi connectivity index (χ1) is 10.6. The maximum absolute atomic E-state index is 12.3. The third kappa shape index (κ3) is 2.35. The fourth-order valence-electron chi connectivity index (χ4n) is 3.16. The van der Waals surface area contributed by atoms with E-state index in [0.29, 0.717) is 18.7 Å². The zero-order valence-corrected chi connectivity index (χ0v) is 12.6. The predicted octanol–water partition coefficient (Wildman–Crippen LogP) is 1.16. The van der Waals surface area contributed by atoms with Crippen LogP contribution in [0.15, 0.2) is 36.9 Å². The highest BCUT2D eigenvalue weighted by Gasteiger charge is 2.49. The van der Waals surface area contributed by atoms with Crippen LogP contribution in [0.3, 0.4) is 0 Å². The van der Waals surface area contributed by atoms with Crippen molar-refractivity contribution in [3.05, 3.63) is 53.9 Å². The van der Waals surface area contributed by atoms with Gasteiger partial charge in [0.05, 0.1) is 17.6 Å². The van der Waals surface area contributed by atoms with Crippen LogP contribution in [0.1, 0.15) is 29.8 Å². The average molecular weight is 297 g/mol. The lowest BCUT2D eigenvalue weighted by molar-refractivity contribution is -0.129. The minimum absolute atomic E-state index is 0.376. The molecular weight excluding hydrogens is 278 g/mol. The van der Waals surface area contributed by atoms with Crippen LogP contribution >= 0.6 is 0 Å². The Kier molecular flexibility index (Phi) is 3.85. The second-order valence-corrected chi connectivity index (χ2v) is 5.61. The summed E-state index contributed by atoms with van der Waals surface area (Å²) in [7, 11) is 0. The summed E-state index contributed by atoms with van der Waals surface area (Å²) in [5, 5.41) is 0. The van der Waals surface area contributed by atoms with E-state index >= 15 is 0 Å². The van der Waals surface area contributed by atoms with Crippen molar-refractivity contribution < 1.29 is 4.79 Å². The van der Waals surface area contributed by atoms with E-state index in [4.69, 9.17) is 5.73 Å². The zero-order valence-electron chi connectivity index (χ0n) is 12.6. The third-order valence-corrected chi connectivity index (χ3v) is 4.36. The summed E-state index contributed by atoms with van der Waals surface area (Å²) in [6.45, 7) is 3.38. The molecule has 3 heterocycles. The molecule has 114 valence electrons. The van der Waals surface area contributed by atoms with Gasteiger partial charge in [-0.2, -0.15) is 0 Å². The topological polar surface area (TPSA) is 85.0 Å².